The highest BCUT2D eigenvalue weighted by molar-refractivity contribution is 9.10. The quantitative estimate of drug-likeness (QED) is 0.711. The zero-order valence-electron chi connectivity index (χ0n) is 12.8. The van der Waals surface area contributed by atoms with Crippen LogP contribution in [0.25, 0.3) is 10.9 Å². The van der Waals surface area contributed by atoms with Crippen molar-refractivity contribution in [1.29, 1.82) is 0 Å². The molecule has 0 saturated heterocycles. The molecule has 1 atom stereocenters. The number of H-pyrrole nitrogens is 1. The van der Waals surface area contributed by atoms with Crippen LogP contribution in [0.15, 0.2) is 28.9 Å². The summed E-state index contributed by atoms with van der Waals surface area (Å²) in [5.74, 6) is -0.124. The Balaban J connectivity index is 2.14. The first-order chi connectivity index (χ1) is 10.4. The summed E-state index contributed by atoms with van der Waals surface area (Å²) in [6, 6.07) is 5.98. The van der Waals surface area contributed by atoms with E-state index in [1.54, 1.807) is 0 Å². The summed E-state index contributed by atoms with van der Waals surface area (Å²) in [6.07, 6.45) is 2.01. The van der Waals surface area contributed by atoms with E-state index in [9.17, 15) is 9.36 Å². The van der Waals surface area contributed by atoms with E-state index >= 15 is 0 Å². The number of aromatic nitrogens is 1. The van der Waals surface area contributed by atoms with Crippen LogP contribution in [0.3, 0.4) is 0 Å². The number of carbonyl (C=O) groups is 1. The smallest absolute Gasteiger partial charge is 0.337 e. The molecule has 2 rings (SSSR count). The van der Waals surface area contributed by atoms with Gasteiger partial charge in [0.15, 0.2) is 0 Å². The first-order valence-corrected chi connectivity index (χ1v) is 9.39. The van der Waals surface area contributed by atoms with Crippen molar-refractivity contribution in [3.05, 3.63) is 34.4 Å². The van der Waals surface area contributed by atoms with Gasteiger partial charge >= 0.3 is 7.60 Å². The number of halogens is 1. The zero-order valence-corrected chi connectivity index (χ0v) is 15.2. The van der Waals surface area contributed by atoms with Crippen molar-refractivity contribution >= 4 is 40.2 Å². The highest BCUT2D eigenvalue weighted by Gasteiger charge is 2.26. The molecule has 1 unspecified atom stereocenters. The highest BCUT2D eigenvalue weighted by Crippen LogP contribution is 2.46. The summed E-state index contributed by atoms with van der Waals surface area (Å²) >= 11 is 3.46. The minimum atomic E-state index is -3.29. The number of hydrogen-bond donors (Lipinski definition) is 1. The van der Waals surface area contributed by atoms with Gasteiger partial charge in [-0.15, -0.1) is 0 Å². The maximum atomic E-state index is 12.1. The minimum Gasteiger partial charge on any atom is -0.361 e. The van der Waals surface area contributed by atoms with Crippen molar-refractivity contribution < 1.29 is 18.4 Å². The molecule has 0 fully saturated rings. The van der Waals surface area contributed by atoms with Gasteiger partial charge in [0.1, 0.15) is 11.9 Å². The number of benzene rings is 1. The molecule has 0 bridgehead atoms. The number of nitrogens with one attached hydrogen (secondary N) is 1. The molecule has 2 aromatic rings. The van der Waals surface area contributed by atoms with E-state index in [1.807, 2.05) is 31.3 Å². The Kier molecular flexibility index (Phi) is 5.61. The Morgan fingerprint density at radius 1 is 1.36 bits per heavy atom. The maximum absolute atomic E-state index is 12.1. The standard InChI is InChI=1S/C15H19BrNO4P/c1-10(6-12(18)9-22(19,20-2)21-3)14-8-17-15-5-4-11(16)7-13(14)15/h4-5,7-8,10,17H,6,9H2,1-3H3. The lowest BCUT2D eigenvalue weighted by Gasteiger charge is -2.14. The number of carbonyl (C=O) groups excluding carboxylic acids is 1. The van der Waals surface area contributed by atoms with Crippen LogP contribution in [0.4, 0.5) is 0 Å². The fourth-order valence-electron chi connectivity index (χ4n) is 2.46. The van der Waals surface area contributed by atoms with Crippen LogP contribution in [0, 0.1) is 0 Å². The molecule has 1 heterocycles. The SMILES string of the molecule is COP(=O)(CC(=O)CC(C)c1c[nH]c2ccc(Br)cc12)OC. The van der Waals surface area contributed by atoms with Gasteiger partial charge in [-0.3, -0.25) is 9.36 Å². The largest absolute Gasteiger partial charge is 0.361 e. The van der Waals surface area contributed by atoms with E-state index in [0.29, 0.717) is 0 Å². The number of fused-ring (bicyclic) bond motifs is 1. The van der Waals surface area contributed by atoms with Gasteiger partial charge in [-0.05, 0) is 29.7 Å². The van der Waals surface area contributed by atoms with Gasteiger partial charge in [0.2, 0.25) is 0 Å². The molecule has 120 valence electrons. The fourth-order valence-corrected chi connectivity index (χ4v) is 3.79. The zero-order chi connectivity index (χ0) is 16.3. The van der Waals surface area contributed by atoms with Gasteiger partial charge in [0.05, 0.1) is 0 Å². The molecule has 1 aromatic heterocycles. The van der Waals surface area contributed by atoms with E-state index in [1.165, 1.54) is 14.2 Å². The molecule has 1 N–H and O–H groups in total. The predicted octanol–water partition coefficient (Wildman–Crippen LogP) is 4.48. The van der Waals surface area contributed by atoms with Gasteiger partial charge in [-0.2, -0.15) is 0 Å². The monoisotopic (exact) mass is 387 g/mol. The lowest BCUT2D eigenvalue weighted by Crippen LogP contribution is -2.11. The number of aromatic amines is 1. The van der Waals surface area contributed by atoms with Gasteiger partial charge in [-0.25, -0.2) is 0 Å². The summed E-state index contributed by atoms with van der Waals surface area (Å²) < 4.78 is 22.6. The second kappa shape index (κ2) is 7.09. The number of hydrogen-bond acceptors (Lipinski definition) is 4. The Morgan fingerprint density at radius 3 is 2.68 bits per heavy atom. The molecule has 5 nitrogen and oxygen atoms in total. The van der Waals surface area contributed by atoms with Crippen LogP contribution >= 0.6 is 23.5 Å². The van der Waals surface area contributed by atoms with Crippen molar-refractivity contribution in [3.8, 4) is 0 Å². The van der Waals surface area contributed by atoms with Crippen LogP contribution in [0.5, 0.6) is 0 Å². The summed E-state index contributed by atoms with van der Waals surface area (Å²) in [4.78, 5) is 15.3. The van der Waals surface area contributed by atoms with E-state index in [2.05, 4.69) is 20.9 Å². The lowest BCUT2D eigenvalue weighted by atomic mass is 9.96. The summed E-state index contributed by atoms with van der Waals surface area (Å²) in [6.45, 7) is 1.98. The van der Waals surface area contributed by atoms with Crippen molar-refractivity contribution in [2.24, 2.45) is 0 Å². The van der Waals surface area contributed by atoms with Crippen LogP contribution in [-0.2, 0) is 18.4 Å². The van der Waals surface area contributed by atoms with Crippen LogP contribution in [0.1, 0.15) is 24.8 Å². The third-order valence-corrected chi connectivity index (χ3v) is 6.01. The van der Waals surface area contributed by atoms with Gasteiger partial charge in [0, 0.05) is 42.2 Å². The van der Waals surface area contributed by atoms with Crippen molar-refractivity contribution in [2.75, 3.05) is 20.4 Å². The van der Waals surface area contributed by atoms with Crippen LogP contribution in [-0.4, -0.2) is 31.1 Å². The normalized spacial score (nSPS) is 13.5. The van der Waals surface area contributed by atoms with Gasteiger partial charge in [-0.1, -0.05) is 22.9 Å². The number of ketones is 1. The Bertz CT molecular complexity index is 719. The highest BCUT2D eigenvalue weighted by atomic mass is 79.9. The van der Waals surface area contributed by atoms with E-state index in [0.717, 1.165) is 20.9 Å². The minimum absolute atomic E-state index is 0.0118. The van der Waals surface area contributed by atoms with Crippen molar-refractivity contribution in [3.63, 3.8) is 0 Å². The molecule has 7 heteroatoms. The fraction of sp³-hybridized carbons (Fsp3) is 0.400. The van der Waals surface area contributed by atoms with E-state index in [-0.39, 0.29) is 24.3 Å². The molecule has 0 saturated carbocycles. The molecule has 0 amide bonds. The second-order valence-electron chi connectivity index (χ2n) is 5.21. The molecule has 0 aliphatic heterocycles. The lowest BCUT2D eigenvalue weighted by molar-refractivity contribution is -0.117. The van der Waals surface area contributed by atoms with E-state index < -0.39 is 7.60 Å². The van der Waals surface area contributed by atoms with Gasteiger partial charge in [0.25, 0.3) is 0 Å². The number of rotatable bonds is 7. The average molecular weight is 388 g/mol. The molecular formula is C15H19BrNO4P. The molecule has 0 spiro atoms. The molecule has 0 radical (unpaired) electrons. The Hall–Kier alpha value is -0.940. The molecule has 0 aliphatic carbocycles. The molecule has 0 aliphatic rings. The van der Waals surface area contributed by atoms with Gasteiger partial charge < -0.3 is 14.0 Å². The average Bonchev–Trinajstić information content (AvgIpc) is 2.89. The first kappa shape index (κ1) is 17.4. The van der Waals surface area contributed by atoms with E-state index in [4.69, 9.17) is 9.05 Å². The second-order valence-corrected chi connectivity index (χ2v) is 8.40. The van der Waals surface area contributed by atoms with Crippen LogP contribution < -0.4 is 0 Å². The first-order valence-electron chi connectivity index (χ1n) is 6.87. The molecule has 22 heavy (non-hydrogen) atoms. The summed E-state index contributed by atoms with van der Waals surface area (Å²) in [5.41, 5.74) is 2.09. The van der Waals surface area contributed by atoms with Crippen LogP contribution in [0.2, 0.25) is 0 Å². The topological polar surface area (TPSA) is 68.4 Å². The third-order valence-electron chi connectivity index (χ3n) is 3.67. The third kappa shape index (κ3) is 3.87. The summed E-state index contributed by atoms with van der Waals surface area (Å²) in [5, 5.41) is 1.08. The molecule has 1 aromatic carbocycles. The Labute approximate surface area is 138 Å². The Morgan fingerprint density at radius 2 is 2.05 bits per heavy atom. The maximum Gasteiger partial charge on any atom is 0.337 e. The number of Topliss-reactive ketones (excluding diaryl/α,β-unsaturated/α-hetero) is 1. The van der Waals surface area contributed by atoms with Crippen molar-refractivity contribution in [2.45, 2.75) is 19.3 Å². The predicted molar refractivity (Wildman–Crippen MR) is 90.5 cm³/mol. The molecular weight excluding hydrogens is 369 g/mol. The summed E-state index contributed by atoms with van der Waals surface area (Å²) in [7, 11) is -0.711. The van der Waals surface area contributed by atoms with Crippen molar-refractivity contribution in [1.82, 2.24) is 4.98 Å².